The number of carbonyl (C=O) groups excluding carboxylic acids is 2. The molecule has 0 unspecified atom stereocenters. The van der Waals surface area contributed by atoms with Crippen LogP contribution in [0, 0.1) is 0 Å². The summed E-state index contributed by atoms with van der Waals surface area (Å²) in [5.41, 5.74) is 2.49. The van der Waals surface area contributed by atoms with Crippen molar-refractivity contribution in [3.8, 4) is 0 Å². The zero-order valence-corrected chi connectivity index (χ0v) is 13.0. The van der Waals surface area contributed by atoms with Crippen molar-refractivity contribution in [2.45, 2.75) is 13.0 Å². The van der Waals surface area contributed by atoms with Gasteiger partial charge in [0, 0.05) is 12.0 Å². The molecule has 0 heterocycles. The maximum Gasteiger partial charge on any atom is 0.337 e. The normalized spacial score (nSPS) is 9.96. The topological polar surface area (TPSA) is 52.6 Å². The van der Waals surface area contributed by atoms with E-state index in [0.29, 0.717) is 17.6 Å². The standard InChI is InChI=1S/C19H18O4/c1-14(18(20)23-13-15-7-4-3-5-8-15)11-16-9-6-10-17(12-16)19(21)22-2/h3-10,12H,1,11,13H2,2H3. The summed E-state index contributed by atoms with van der Waals surface area (Å²) >= 11 is 0. The van der Waals surface area contributed by atoms with E-state index in [0.717, 1.165) is 11.1 Å². The van der Waals surface area contributed by atoms with Crippen molar-refractivity contribution in [2.24, 2.45) is 0 Å². The molecule has 0 aromatic heterocycles. The minimum absolute atomic E-state index is 0.209. The molecule has 0 amide bonds. The Hall–Kier alpha value is -2.88. The SMILES string of the molecule is C=C(Cc1cccc(C(=O)OC)c1)C(=O)OCc1ccccc1. The van der Waals surface area contributed by atoms with Crippen molar-refractivity contribution < 1.29 is 19.1 Å². The largest absolute Gasteiger partial charge is 0.465 e. The quantitative estimate of drug-likeness (QED) is 0.607. The molecule has 0 fully saturated rings. The zero-order valence-electron chi connectivity index (χ0n) is 13.0. The Morgan fingerprint density at radius 3 is 2.39 bits per heavy atom. The monoisotopic (exact) mass is 310 g/mol. The van der Waals surface area contributed by atoms with Crippen molar-refractivity contribution >= 4 is 11.9 Å². The summed E-state index contributed by atoms with van der Waals surface area (Å²) in [5, 5.41) is 0. The second-order valence-corrected chi connectivity index (χ2v) is 5.03. The molecule has 0 saturated carbocycles. The van der Waals surface area contributed by atoms with Gasteiger partial charge >= 0.3 is 11.9 Å². The molecule has 2 rings (SSSR count). The van der Waals surface area contributed by atoms with Gasteiger partial charge in [-0.3, -0.25) is 0 Å². The molecule has 4 heteroatoms. The molecule has 4 nitrogen and oxygen atoms in total. The molecule has 0 saturated heterocycles. The number of benzene rings is 2. The van der Waals surface area contributed by atoms with Gasteiger partial charge in [0.15, 0.2) is 0 Å². The Balaban J connectivity index is 1.93. The first-order valence-corrected chi connectivity index (χ1v) is 7.16. The predicted molar refractivity (Wildman–Crippen MR) is 86.9 cm³/mol. The summed E-state index contributed by atoms with van der Waals surface area (Å²) in [4.78, 5) is 23.5. The number of methoxy groups -OCH3 is 1. The summed E-state index contributed by atoms with van der Waals surface area (Å²) in [6.07, 6.45) is 0.318. The molecular formula is C19H18O4. The lowest BCUT2D eigenvalue weighted by Crippen LogP contribution is -2.09. The van der Waals surface area contributed by atoms with Gasteiger partial charge in [-0.2, -0.15) is 0 Å². The molecular weight excluding hydrogens is 292 g/mol. The van der Waals surface area contributed by atoms with Crippen LogP contribution in [0.15, 0.2) is 66.7 Å². The number of esters is 2. The summed E-state index contributed by atoms with van der Waals surface area (Å²) in [5.74, 6) is -0.860. The average molecular weight is 310 g/mol. The Labute approximate surface area is 135 Å². The van der Waals surface area contributed by atoms with Gasteiger partial charge in [0.1, 0.15) is 6.61 Å². The molecule has 0 aliphatic carbocycles. The van der Waals surface area contributed by atoms with Gasteiger partial charge in [-0.15, -0.1) is 0 Å². The van der Waals surface area contributed by atoms with E-state index in [-0.39, 0.29) is 6.61 Å². The second kappa shape index (κ2) is 7.94. The lowest BCUT2D eigenvalue weighted by Gasteiger charge is -2.08. The first-order chi connectivity index (χ1) is 11.1. The molecule has 2 aromatic carbocycles. The van der Waals surface area contributed by atoms with Gasteiger partial charge in [-0.05, 0) is 23.3 Å². The highest BCUT2D eigenvalue weighted by atomic mass is 16.5. The Morgan fingerprint density at radius 2 is 1.70 bits per heavy atom. The van der Waals surface area contributed by atoms with E-state index in [1.165, 1.54) is 7.11 Å². The van der Waals surface area contributed by atoms with Crippen LogP contribution in [0.2, 0.25) is 0 Å². The van der Waals surface area contributed by atoms with E-state index in [4.69, 9.17) is 4.74 Å². The van der Waals surface area contributed by atoms with Crippen molar-refractivity contribution in [3.05, 3.63) is 83.4 Å². The maximum atomic E-state index is 12.0. The highest BCUT2D eigenvalue weighted by molar-refractivity contribution is 5.90. The first-order valence-electron chi connectivity index (χ1n) is 7.16. The molecule has 0 aliphatic heterocycles. The fourth-order valence-electron chi connectivity index (χ4n) is 2.07. The summed E-state index contributed by atoms with van der Waals surface area (Å²) < 4.78 is 9.91. The van der Waals surface area contributed by atoms with Crippen LogP contribution in [-0.4, -0.2) is 19.0 Å². The van der Waals surface area contributed by atoms with Crippen LogP contribution in [0.4, 0.5) is 0 Å². The third-order valence-electron chi connectivity index (χ3n) is 3.27. The molecule has 2 aromatic rings. The van der Waals surface area contributed by atoms with E-state index >= 15 is 0 Å². The maximum absolute atomic E-state index is 12.0. The summed E-state index contributed by atoms with van der Waals surface area (Å²) in [6, 6.07) is 16.3. The number of hydrogen-bond acceptors (Lipinski definition) is 4. The van der Waals surface area contributed by atoms with E-state index in [1.807, 2.05) is 36.4 Å². The Kier molecular flexibility index (Phi) is 5.69. The lowest BCUT2D eigenvalue weighted by molar-refractivity contribution is -0.140. The average Bonchev–Trinajstić information content (AvgIpc) is 2.60. The van der Waals surface area contributed by atoms with Crippen LogP contribution >= 0.6 is 0 Å². The van der Waals surface area contributed by atoms with E-state index in [1.54, 1.807) is 18.2 Å². The van der Waals surface area contributed by atoms with Gasteiger partial charge in [0.25, 0.3) is 0 Å². The molecule has 0 aliphatic rings. The predicted octanol–water partition coefficient (Wildman–Crippen LogP) is 3.32. The van der Waals surface area contributed by atoms with Crippen LogP contribution in [-0.2, 0) is 27.3 Å². The lowest BCUT2D eigenvalue weighted by atomic mass is 10.0. The van der Waals surface area contributed by atoms with Crippen LogP contribution in [0.5, 0.6) is 0 Å². The van der Waals surface area contributed by atoms with Gasteiger partial charge < -0.3 is 9.47 Å². The first kappa shape index (κ1) is 16.5. The van der Waals surface area contributed by atoms with E-state index in [9.17, 15) is 9.59 Å². The van der Waals surface area contributed by atoms with Crippen molar-refractivity contribution in [2.75, 3.05) is 7.11 Å². The fourth-order valence-corrected chi connectivity index (χ4v) is 2.07. The Morgan fingerprint density at radius 1 is 1.00 bits per heavy atom. The summed E-state index contributed by atoms with van der Waals surface area (Å²) in [7, 11) is 1.33. The minimum Gasteiger partial charge on any atom is -0.465 e. The van der Waals surface area contributed by atoms with Crippen molar-refractivity contribution in [3.63, 3.8) is 0 Å². The highest BCUT2D eigenvalue weighted by Crippen LogP contribution is 2.12. The third kappa shape index (κ3) is 4.81. The van der Waals surface area contributed by atoms with Crippen LogP contribution in [0.25, 0.3) is 0 Å². The van der Waals surface area contributed by atoms with Crippen LogP contribution < -0.4 is 0 Å². The van der Waals surface area contributed by atoms with E-state index in [2.05, 4.69) is 11.3 Å². The fraction of sp³-hybridized carbons (Fsp3) is 0.158. The Bertz CT molecular complexity index is 704. The second-order valence-electron chi connectivity index (χ2n) is 5.03. The molecule has 0 atom stereocenters. The molecule has 23 heavy (non-hydrogen) atoms. The van der Waals surface area contributed by atoms with Gasteiger partial charge in [0.05, 0.1) is 12.7 Å². The zero-order chi connectivity index (χ0) is 16.7. The molecule has 0 N–H and O–H groups in total. The van der Waals surface area contributed by atoms with Crippen molar-refractivity contribution in [1.82, 2.24) is 0 Å². The minimum atomic E-state index is -0.447. The van der Waals surface area contributed by atoms with Gasteiger partial charge in [-0.1, -0.05) is 49.0 Å². The third-order valence-corrected chi connectivity index (χ3v) is 3.27. The number of carbonyl (C=O) groups is 2. The van der Waals surface area contributed by atoms with Crippen LogP contribution in [0.1, 0.15) is 21.5 Å². The van der Waals surface area contributed by atoms with E-state index < -0.39 is 11.9 Å². The number of rotatable bonds is 6. The smallest absolute Gasteiger partial charge is 0.337 e. The van der Waals surface area contributed by atoms with Gasteiger partial charge in [0.2, 0.25) is 0 Å². The number of hydrogen-bond donors (Lipinski definition) is 0. The van der Waals surface area contributed by atoms with Crippen molar-refractivity contribution in [1.29, 1.82) is 0 Å². The highest BCUT2D eigenvalue weighted by Gasteiger charge is 2.11. The molecule has 0 spiro atoms. The summed E-state index contributed by atoms with van der Waals surface area (Å²) in [6.45, 7) is 3.98. The number of ether oxygens (including phenoxy) is 2. The molecule has 0 radical (unpaired) electrons. The van der Waals surface area contributed by atoms with Crippen LogP contribution in [0.3, 0.4) is 0 Å². The van der Waals surface area contributed by atoms with Gasteiger partial charge in [-0.25, -0.2) is 9.59 Å². The molecule has 0 bridgehead atoms. The molecule has 118 valence electrons.